The molecule has 0 saturated heterocycles. The van der Waals surface area contributed by atoms with Gasteiger partial charge < -0.3 is 15.2 Å². The van der Waals surface area contributed by atoms with Gasteiger partial charge in [0, 0.05) is 13.1 Å². The van der Waals surface area contributed by atoms with Crippen LogP contribution in [0.5, 0.6) is 0 Å². The van der Waals surface area contributed by atoms with Crippen LogP contribution in [0.25, 0.3) is 11.1 Å². The highest BCUT2D eigenvalue weighted by molar-refractivity contribution is 5.86. The number of benzene rings is 6. The van der Waals surface area contributed by atoms with Gasteiger partial charge in [-0.1, -0.05) is 176 Å². The summed E-state index contributed by atoms with van der Waals surface area (Å²) in [6.45, 7) is 10.2. The van der Waals surface area contributed by atoms with E-state index in [0.717, 1.165) is 44.5 Å². The number of carbonyl (C=O) groups excluding carboxylic acids is 2. The third-order valence-corrected chi connectivity index (χ3v) is 10.6. The number of aryl methyl sites for hydroxylation is 1. The number of nitrogens with one attached hydrogen (secondary N) is 3. The number of hydrogen-bond acceptors (Lipinski definition) is 6. The van der Waals surface area contributed by atoms with Crippen LogP contribution in [0.4, 0.5) is 0 Å². The molecule has 0 aliphatic carbocycles. The molecule has 0 aromatic heterocycles. The second-order valence-electron chi connectivity index (χ2n) is 16.4. The van der Waals surface area contributed by atoms with Gasteiger partial charge in [0.05, 0.1) is 18.0 Å². The van der Waals surface area contributed by atoms with Gasteiger partial charge in [0.15, 0.2) is 0 Å². The van der Waals surface area contributed by atoms with E-state index >= 15 is 0 Å². The Morgan fingerprint density at radius 2 is 1.15 bits per heavy atom. The predicted molar refractivity (Wildman–Crippen MR) is 237 cm³/mol. The minimum absolute atomic E-state index is 0.233. The summed E-state index contributed by atoms with van der Waals surface area (Å²) in [4.78, 5) is 26.9. The van der Waals surface area contributed by atoms with Crippen molar-refractivity contribution in [2.75, 3.05) is 0 Å². The van der Waals surface area contributed by atoms with Crippen LogP contribution in [0.3, 0.4) is 0 Å². The minimum atomic E-state index is -1.06. The molecule has 0 fully saturated rings. The first-order valence-electron chi connectivity index (χ1n) is 20.5. The van der Waals surface area contributed by atoms with Crippen LogP contribution in [0.1, 0.15) is 73.1 Å². The van der Waals surface area contributed by atoms with Crippen molar-refractivity contribution in [2.45, 2.75) is 84.0 Å². The highest BCUT2D eigenvalue weighted by atomic mass is 16.6. The summed E-state index contributed by atoms with van der Waals surface area (Å²) in [6.07, 6.45) is -0.716. The molecule has 0 bridgehead atoms. The number of amides is 1. The van der Waals surface area contributed by atoms with Crippen LogP contribution >= 0.6 is 0 Å². The second-order valence-corrected chi connectivity index (χ2v) is 16.4. The lowest BCUT2D eigenvalue weighted by Crippen LogP contribution is -2.51. The minimum Gasteiger partial charge on any atom is -0.460 e. The fourth-order valence-electron chi connectivity index (χ4n) is 7.48. The van der Waals surface area contributed by atoms with Crippen LogP contribution in [0.15, 0.2) is 164 Å². The predicted octanol–water partition coefficient (Wildman–Crippen LogP) is 9.25. The molecular weight excluding hydrogens is 731 g/mol. The van der Waals surface area contributed by atoms with E-state index in [1.807, 2.05) is 49.4 Å². The maximum Gasteiger partial charge on any atom is 0.308 e. The summed E-state index contributed by atoms with van der Waals surface area (Å²) in [5.74, 6) is -1.18. The average Bonchev–Trinajstić information content (AvgIpc) is 3.24. The van der Waals surface area contributed by atoms with E-state index in [1.54, 1.807) is 20.8 Å². The SMILES string of the molecule is Cc1ccc(C(NCc2cccc(CNC(=O)[C@H](CC(=O)OC(C)(C)C)N[C@@H](O)[C@@H](C)Cc3ccc(-c4ccccc4)cc3)c2)(c2ccccc2)c2ccccc2)cc1. The molecule has 6 rings (SSSR count). The molecule has 0 radical (unpaired) electrons. The topological polar surface area (TPSA) is 99.7 Å². The highest BCUT2D eigenvalue weighted by Gasteiger charge is 2.36. The van der Waals surface area contributed by atoms with E-state index in [-0.39, 0.29) is 18.9 Å². The molecule has 3 atom stereocenters. The number of hydrogen-bond donors (Lipinski definition) is 4. The van der Waals surface area contributed by atoms with Crippen molar-refractivity contribution >= 4 is 11.9 Å². The van der Waals surface area contributed by atoms with Gasteiger partial charge in [0.25, 0.3) is 0 Å². The Labute approximate surface area is 349 Å². The maximum absolute atomic E-state index is 13.8. The van der Waals surface area contributed by atoms with Crippen molar-refractivity contribution in [3.63, 3.8) is 0 Å². The van der Waals surface area contributed by atoms with E-state index < -0.39 is 35.3 Å². The standard InChI is InChI=1S/C52H57N3O4/c1-37-24-30-46(31-25-37)52(44-20-11-7-12-21-44,45-22-13-8-14-23-45)54-36-41-17-15-16-40(33-41)35-53-50(58)47(34-48(56)59-51(3,4)5)55-49(57)38(2)32-39-26-28-43(29-27-39)42-18-9-6-10-19-42/h6-31,33,38,47,49,54-55,57H,32,34-36H2,1-5H3,(H,53,58)/t38-,47-,49-/m0/s1. The number of carbonyl (C=O) groups is 2. The van der Waals surface area contributed by atoms with Gasteiger partial charge in [-0.3, -0.25) is 20.2 Å². The first-order valence-corrected chi connectivity index (χ1v) is 20.5. The summed E-state index contributed by atoms with van der Waals surface area (Å²) >= 11 is 0. The molecule has 1 amide bonds. The molecule has 4 N–H and O–H groups in total. The molecule has 304 valence electrons. The molecule has 6 aromatic rings. The zero-order valence-electron chi connectivity index (χ0n) is 34.8. The molecule has 0 aliphatic heterocycles. The summed E-state index contributed by atoms with van der Waals surface area (Å²) in [5, 5.41) is 21.4. The van der Waals surface area contributed by atoms with Crippen LogP contribution in [0, 0.1) is 12.8 Å². The Kier molecular flexibility index (Phi) is 14.3. The molecule has 0 spiro atoms. The van der Waals surface area contributed by atoms with Crippen molar-refractivity contribution in [1.29, 1.82) is 0 Å². The van der Waals surface area contributed by atoms with E-state index in [1.165, 1.54) is 5.56 Å². The zero-order valence-corrected chi connectivity index (χ0v) is 34.8. The second kappa shape index (κ2) is 19.7. The lowest BCUT2D eigenvalue weighted by atomic mass is 9.76. The van der Waals surface area contributed by atoms with Crippen LogP contribution < -0.4 is 16.0 Å². The molecule has 6 aromatic carbocycles. The molecule has 0 aliphatic rings. The van der Waals surface area contributed by atoms with E-state index in [9.17, 15) is 14.7 Å². The lowest BCUT2D eigenvalue weighted by molar-refractivity contribution is -0.156. The van der Waals surface area contributed by atoms with Gasteiger partial charge in [-0.25, -0.2) is 0 Å². The monoisotopic (exact) mass is 787 g/mol. The smallest absolute Gasteiger partial charge is 0.308 e. The van der Waals surface area contributed by atoms with E-state index in [0.29, 0.717) is 13.0 Å². The average molecular weight is 788 g/mol. The number of rotatable bonds is 17. The highest BCUT2D eigenvalue weighted by Crippen LogP contribution is 2.37. The van der Waals surface area contributed by atoms with Crippen LogP contribution in [-0.2, 0) is 39.4 Å². The maximum atomic E-state index is 13.8. The third-order valence-electron chi connectivity index (χ3n) is 10.6. The van der Waals surface area contributed by atoms with Gasteiger partial charge in [0.1, 0.15) is 11.8 Å². The Morgan fingerprint density at radius 3 is 1.73 bits per heavy atom. The van der Waals surface area contributed by atoms with Crippen molar-refractivity contribution in [3.8, 4) is 11.1 Å². The number of ether oxygens (including phenoxy) is 1. The molecule has 0 saturated carbocycles. The summed E-state index contributed by atoms with van der Waals surface area (Å²) in [7, 11) is 0. The first-order chi connectivity index (χ1) is 28.4. The Bertz CT molecular complexity index is 2200. The summed E-state index contributed by atoms with van der Waals surface area (Å²) < 4.78 is 5.59. The number of aliphatic hydroxyl groups is 1. The van der Waals surface area contributed by atoms with Gasteiger partial charge in [-0.15, -0.1) is 0 Å². The van der Waals surface area contributed by atoms with Crippen molar-refractivity contribution in [1.82, 2.24) is 16.0 Å². The van der Waals surface area contributed by atoms with Crippen molar-refractivity contribution < 1.29 is 19.4 Å². The summed E-state index contributed by atoms with van der Waals surface area (Å²) in [6, 6.07) is 55.2. The quantitative estimate of drug-likeness (QED) is 0.0418. The van der Waals surface area contributed by atoms with Crippen molar-refractivity contribution in [3.05, 3.63) is 203 Å². The Balaban J connectivity index is 1.15. The molecule has 7 heteroatoms. The Morgan fingerprint density at radius 1 is 0.627 bits per heavy atom. The van der Waals surface area contributed by atoms with Crippen LogP contribution in [0.2, 0.25) is 0 Å². The first kappa shape index (κ1) is 42.7. The molecular formula is C52H57N3O4. The van der Waals surface area contributed by atoms with Gasteiger partial charge in [-0.05, 0) is 84.5 Å². The summed E-state index contributed by atoms with van der Waals surface area (Å²) in [5.41, 5.74) is 8.48. The van der Waals surface area contributed by atoms with E-state index in [4.69, 9.17) is 4.74 Å². The van der Waals surface area contributed by atoms with Gasteiger partial charge in [0.2, 0.25) is 5.91 Å². The molecule has 59 heavy (non-hydrogen) atoms. The lowest BCUT2D eigenvalue weighted by Gasteiger charge is -2.37. The normalized spacial score (nSPS) is 13.3. The molecule has 0 unspecified atom stereocenters. The molecule has 0 heterocycles. The number of aliphatic hydroxyl groups excluding tert-OH is 1. The fraction of sp³-hybridized carbons (Fsp3) is 0.269. The van der Waals surface area contributed by atoms with Crippen molar-refractivity contribution in [2.24, 2.45) is 5.92 Å². The van der Waals surface area contributed by atoms with Gasteiger partial charge in [-0.2, -0.15) is 0 Å². The largest absolute Gasteiger partial charge is 0.460 e. The fourth-order valence-corrected chi connectivity index (χ4v) is 7.48. The van der Waals surface area contributed by atoms with Gasteiger partial charge >= 0.3 is 5.97 Å². The Hall–Kier alpha value is -5.86. The zero-order chi connectivity index (χ0) is 41.8. The van der Waals surface area contributed by atoms with Crippen LogP contribution in [-0.4, -0.2) is 34.9 Å². The third kappa shape index (κ3) is 11.6. The molecule has 7 nitrogen and oxygen atoms in total. The number of esters is 1. The van der Waals surface area contributed by atoms with E-state index in [2.05, 4.69) is 144 Å².